The van der Waals surface area contributed by atoms with Gasteiger partial charge in [0.1, 0.15) is 0 Å². The summed E-state index contributed by atoms with van der Waals surface area (Å²) in [6.45, 7) is 3.65. The molecule has 0 radical (unpaired) electrons. The summed E-state index contributed by atoms with van der Waals surface area (Å²) in [6.07, 6.45) is 5.82. The average Bonchev–Trinajstić information content (AvgIpc) is 1.98. The van der Waals surface area contributed by atoms with E-state index in [4.69, 9.17) is 18.0 Å². The molecule has 0 amide bonds. The number of halogens is 1. The minimum atomic E-state index is 0.773. The standard InChI is InChI=1S/C8H12ClN/c1-3-4-5-10-7-8(2)6-9/h1,6,10H,4-5,7H2,2H3. The lowest BCUT2D eigenvalue weighted by atomic mass is 10.3. The van der Waals surface area contributed by atoms with Crippen LogP contribution in [0.25, 0.3) is 0 Å². The van der Waals surface area contributed by atoms with Crippen LogP contribution >= 0.6 is 11.6 Å². The summed E-state index contributed by atoms with van der Waals surface area (Å²) in [5.74, 6) is 2.54. The molecular weight excluding hydrogens is 146 g/mol. The smallest absolute Gasteiger partial charge is 0.0212 e. The Bertz CT molecular complexity index is 144. The molecule has 0 atom stereocenters. The average molecular weight is 158 g/mol. The molecule has 0 aliphatic carbocycles. The first-order valence-electron chi connectivity index (χ1n) is 3.21. The molecule has 0 unspecified atom stereocenters. The van der Waals surface area contributed by atoms with Crippen LogP contribution in [0.1, 0.15) is 13.3 Å². The Hall–Kier alpha value is -0.450. The monoisotopic (exact) mass is 157 g/mol. The molecule has 0 aliphatic rings. The molecule has 56 valence electrons. The molecule has 0 aromatic rings. The predicted molar refractivity (Wildman–Crippen MR) is 45.9 cm³/mol. The fourth-order valence-corrected chi connectivity index (χ4v) is 0.562. The number of rotatable bonds is 4. The number of hydrogen-bond donors (Lipinski definition) is 1. The van der Waals surface area contributed by atoms with Crippen molar-refractivity contribution in [2.45, 2.75) is 13.3 Å². The van der Waals surface area contributed by atoms with Crippen LogP contribution in [-0.2, 0) is 0 Å². The molecule has 0 rings (SSSR count). The number of nitrogens with one attached hydrogen (secondary N) is 1. The zero-order valence-corrected chi connectivity index (χ0v) is 6.91. The first-order valence-corrected chi connectivity index (χ1v) is 3.65. The third-order valence-corrected chi connectivity index (χ3v) is 1.41. The van der Waals surface area contributed by atoms with Crippen molar-refractivity contribution in [3.63, 3.8) is 0 Å². The van der Waals surface area contributed by atoms with Crippen molar-refractivity contribution in [1.82, 2.24) is 5.32 Å². The highest BCUT2D eigenvalue weighted by molar-refractivity contribution is 6.25. The summed E-state index contributed by atoms with van der Waals surface area (Å²) in [5, 5.41) is 3.14. The Morgan fingerprint density at radius 3 is 3.00 bits per heavy atom. The molecule has 1 nitrogen and oxygen atoms in total. The summed E-state index contributed by atoms with van der Waals surface area (Å²) < 4.78 is 0. The fourth-order valence-electron chi connectivity index (χ4n) is 0.485. The van der Waals surface area contributed by atoms with E-state index < -0.39 is 0 Å². The van der Waals surface area contributed by atoms with Gasteiger partial charge in [-0.2, -0.15) is 0 Å². The Morgan fingerprint density at radius 1 is 1.80 bits per heavy atom. The van der Waals surface area contributed by atoms with Gasteiger partial charge in [0.2, 0.25) is 0 Å². The van der Waals surface area contributed by atoms with E-state index in [1.165, 1.54) is 0 Å². The third-order valence-electron chi connectivity index (χ3n) is 1.04. The van der Waals surface area contributed by atoms with E-state index in [9.17, 15) is 0 Å². The van der Waals surface area contributed by atoms with Crippen LogP contribution in [0.4, 0.5) is 0 Å². The Morgan fingerprint density at radius 2 is 2.50 bits per heavy atom. The third kappa shape index (κ3) is 5.68. The molecule has 0 saturated carbocycles. The SMILES string of the molecule is C#CCCNCC(C)=CCl. The van der Waals surface area contributed by atoms with Crippen LogP contribution in [0, 0.1) is 12.3 Å². The zero-order valence-electron chi connectivity index (χ0n) is 6.15. The maximum Gasteiger partial charge on any atom is 0.0212 e. The van der Waals surface area contributed by atoms with Gasteiger partial charge in [-0.15, -0.1) is 12.3 Å². The van der Waals surface area contributed by atoms with Crippen LogP contribution in [-0.4, -0.2) is 13.1 Å². The first kappa shape index (κ1) is 9.55. The van der Waals surface area contributed by atoms with Crippen molar-refractivity contribution in [1.29, 1.82) is 0 Å². The van der Waals surface area contributed by atoms with Gasteiger partial charge in [0.25, 0.3) is 0 Å². The summed E-state index contributed by atoms with van der Waals surface area (Å²) in [6, 6.07) is 0. The lowest BCUT2D eigenvalue weighted by molar-refractivity contribution is 0.746. The van der Waals surface area contributed by atoms with Crippen LogP contribution in [0.5, 0.6) is 0 Å². The quantitative estimate of drug-likeness (QED) is 0.484. The molecule has 10 heavy (non-hydrogen) atoms. The normalized spacial score (nSPS) is 11.1. The molecule has 0 heterocycles. The summed E-state index contributed by atoms with van der Waals surface area (Å²) in [4.78, 5) is 0. The van der Waals surface area contributed by atoms with Gasteiger partial charge < -0.3 is 5.32 Å². The largest absolute Gasteiger partial charge is 0.312 e. The van der Waals surface area contributed by atoms with Crippen LogP contribution < -0.4 is 5.32 Å². The Kier molecular flexibility index (Phi) is 6.37. The highest BCUT2D eigenvalue weighted by atomic mass is 35.5. The molecule has 0 saturated heterocycles. The van der Waals surface area contributed by atoms with Gasteiger partial charge >= 0.3 is 0 Å². The van der Waals surface area contributed by atoms with E-state index in [0.717, 1.165) is 25.1 Å². The molecular formula is C8H12ClN. The molecule has 0 spiro atoms. The van der Waals surface area contributed by atoms with Gasteiger partial charge in [-0.3, -0.25) is 0 Å². The van der Waals surface area contributed by atoms with E-state index in [2.05, 4.69) is 11.2 Å². The van der Waals surface area contributed by atoms with Gasteiger partial charge in [0.15, 0.2) is 0 Å². The predicted octanol–water partition coefficient (Wildman–Crippen LogP) is 1.74. The van der Waals surface area contributed by atoms with E-state index >= 15 is 0 Å². The highest BCUT2D eigenvalue weighted by Gasteiger charge is 1.85. The van der Waals surface area contributed by atoms with Crippen molar-refractivity contribution in [2.75, 3.05) is 13.1 Å². The van der Waals surface area contributed by atoms with E-state index in [-0.39, 0.29) is 0 Å². The lowest BCUT2D eigenvalue weighted by Gasteiger charge is -1.99. The first-order chi connectivity index (χ1) is 4.81. The van der Waals surface area contributed by atoms with Crippen molar-refractivity contribution in [3.8, 4) is 12.3 Å². The lowest BCUT2D eigenvalue weighted by Crippen LogP contribution is -2.16. The second kappa shape index (κ2) is 6.67. The molecule has 0 bridgehead atoms. The van der Waals surface area contributed by atoms with Gasteiger partial charge in [0.05, 0.1) is 0 Å². The second-order valence-corrected chi connectivity index (χ2v) is 2.30. The van der Waals surface area contributed by atoms with Crippen LogP contribution in [0.15, 0.2) is 11.1 Å². The highest BCUT2D eigenvalue weighted by Crippen LogP contribution is 1.91. The molecule has 0 aromatic carbocycles. The zero-order chi connectivity index (χ0) is 7.82. The molecule has 2 heteroatoms. The van der Waals surface area contributed by atoms with Gasteiger partial charge in [-0.25, -0.2) is 0 Å². The molecule has 0 aliphatic heterocycles. The maximum absolute atomic E-state index is 5.42. The van der Waals surface area contributed by atoms with Crippen molar-refractivity contribution < 1.29 is 0 Å². The van der Waals surface area contributed by atoms with E-state index in [0.29, 0.717) is 0 Å². The molecule has 1 N–H and O–H groups in total. The molecule has 0 aromatic heterocycles. The fraction of sp³-hybridized carbons (Fsp3) is 0.500. The number of terminal acetylenes is 1. The second-order valence-electron chi connectivity index (χ2n) is 2.09. The van der Waals surface area contributed by atoms with Crippen LogP contribution in [0.2, 0.25) is 0 Å². The summed E-state index contributed by atoms with van der Waals surface area (Å²) in [7, 11) is 0. The summed E-state index contributed by atoms with van der Waals surface area (Å²) >= 11 is 5.42. The van der Waals surface area contributed by atoms with Gasteiger partial charge in [0, 0.05) is 25.0 Å². The van der Waals surface area contributed by atoms with Crippen molar-refractivity contribution in [2.24, 2.45) is 0 Å². The van der Waals surface area contributed by atoms with E-state index in [1.54, 1.807) is 5.54 Å². The Labute approximate surface area is 67.5 Å². The van der Waals surface area contributed by atoms with Crippen molar-refractivity contribution >= 4 is 11.6 Å². The topological polar surface area (TPSA) is 12.0 Å². The van der Waals surface area contributed by atoms with Gasteiger partial charge in [-0.1, -0.05) is 11.6 Å². The van der Waals surface area contributed by atoms with Crippen LogP contribution in [0.3, 0.4) is 0 Å². The minimum Gasteiger partial charge on any atom is -0.312 e. The van der Waals surface area contributed by atoms with Gasteiger partial charge in [-0.05, 0) is 12.5 Å². The Balaban J connectivity index is 3.14. The minimum absolute atomic E-state index is 0.773. The maximum atomic E-state index is 5.42. The van der Waals surface area contributed by atoms with Crippen molar-refractivity contribution in [3.05, 3.63) is 11.1 Å². The molecule has 0 fully saturated rings. The van der Waals surface area contributed by atoms with E-state index in [1.807, 2.05) is 6.92 Å². The number of hydrogen-bond acceptors (Lipinski definition) is 1. The summed E-state index contributed by atoms with van der Waals surface area (Å²) in [5.41, 5.74) is 2.70.